The second kappa shape index (κ2) is 4.30. The lowest BCUT2D eigenvalue weighted by atomic mass is 9.78. The molecule has 0 spiro atoms. The zero-order valence-electron chi connectivity index (χ0n) is 11.0. The quantitative estimate of drug-likeness (QED) is 0.716. The molecule has 0 aliphatic carbocycles. The molecule has 2 rings (SSSR count). The molecule has 5 nitrogen and oxygen atoms in total. The molecule has 1 aromatic heterocycles. The van der Waals surface area contributed by atoms with E-state index in [2.05, 4.69) is 0 Å². The first-order chi connectivity index (χ1) is 8.34. The molecule has 6 heteroatoms. The Hall–Kier alpha value is -1.53. The van der Waals surface area contributed by atoms with Crippen molar-refractivity contribution in [3.05, 3.63) is 28.2 Å². The third-order valence-corrected chi connectivity index (χ3v) is 3.33. The minimum absolute atomic E-state index is 0.114. The molecular weight excluding hydrogens is 231 g/mol. The lowest BCUT2D eigenvalue weighted by Crippen LogP contribution is -2.30. The van der Waals surface area contributed by atoms with Crippen molar-refractivity contribution < 1.29 is 10.0 Å². The van der Waals surface area contributed by atoms with Crippen LogP contribution in [0.15, 0.2) is 16.9 Å². The molecule has 96 valence electrons. The number of rotatable bonds is 2. The number of nitrogens with zero attached hydrogens (tertiary/aromatic N) is 2. The Bertz CT molecular complexity index is 655. The Kier molecular flexibility index (Phi) is 3.08. The van der Waals surface area contributed by atoms with Crippen molar-refractivity contribution in [2.24, 2.45) is 14.1 Å². The molecule has 0 saturated heterocycles. The molecule has 0 saturated carbocycles. The summed E-state index contributed by atoms with van der Waals surface area (Å²) >= 11 is 0. The van der Waals surface area contributed by atoms with Crippen LogP contribution in [0.25, 0.3) is 11.0 Å². The van der Waals surface area contributed by atoms with Gasteiger partial charge in [0.05, 0.1) is 11.0 Å². The highest BCUT2D eigenvalue weighted by Gasteiger charge is 2.19. The van der Waals surface area contributed by atoms with E-state index in [0.29, 0.717) is 5.46 Å². The van der Waals surface area contributed by atoms with Crippen molar-refractivity contribution in [2.45, 2.75) is 19.8 Å². The van der Waals surface area contributed by atoms with E-state index in [1.807, 2.05) is 13.8 Å². The monoisotopic (exact) mass is 248 g/mol. The highest BCUT2D eigenvalue weighted by Crippen LogP contribution is 2.23. The van der Waals surface area contributed by atoms with Crippen LogP contribution in [-0.2, 0) is 14.1 Å². The minimum atomic E-state index is -1.53. The molecule has 0 fully saturated rings. The summed E-state index contributed by atoms with van der Waals surface area (Å²) in [6, 6.07) is 3.39. The topological polar surface area (TPSA) is 67.4 Å². The average Bonchev–Trinajstić information content (AvgIpc) is 2.53. The fraction of sp³-hybridized carbons (Fsp3) is 0.417. The standard InChI is InChI=1S/C12H17BN2O3/c1-7(2)9-5-8(13(17)18)6-10-11(9)15(4)12(16)14(10)3/h5-7,17-18H,1-4H3. The number of aryl methyl sites for hydroxylation is 2. The summed E-state index contributed by atoms with van der Waals surface area (Å²) in [7, 11) is 1.88. The first-order valence-electron chi connectivity index (χ1n) is 5.90. The lowest BCUT2D eigenvalue weighted by Gasteiger charge is -2.11. The Morgan fingerprint density at radius 2 is 1.78 bits per heavy atom. The molecule has 0 bridgehead atoms. The third-order valence-electron chi connectivity index (χ3n) is 3.33. The summed E-state index contributed by atoms with van der Waals surface area (Å²) in [5, 5.41) is 18.6. The number of benzene rings is 1. The van der Waals surface area contributed by atoms with Gasteiger partial charge in [0, 0.05) is 14.1 Å². The normalized spacial score (nSPS) is 11.5. The number of imidazole rings is 1. The van der Waals surface area contributed by atoms with Gasteiger partial charge in [0.1, 0.15) is 0 Å². The average molecular weight is 248 g/mol. The van der Waals surface area contributed by atoms with Crippen LogP contribution in [0.2, 0.25) is 0 Å². The molecule has 2 N–H and O–H groups in total. The van der Waals surface area contributed by atoms with Crippen molar-refractivity contribution >= 4 is 23.6 Å². The maximum absolute atomic E-state index is 11.9. The fourth-order valence-corrected chi connectivity index (χ4v) is 2.30. The van der Waals surface area contributed by atoms with Gasteiger partial charge in [0.15, 0.2) is 0 Å². The highest BCUT2D eigenvalue weighted by atomic mass is 16.4. The first kappa shape index (κ1) is 12.9. The molecule has 0 unspecified atom stereocenters. The molecule has 1 heterocycles. The Balaban J connectivity index is 2.95. The van der Waals surface area contributed by atoms with E-state index in [1.54, 1.807) is 30.8 Å². The molecule has 0 amide bonds. The first-order valence-corrected chi connectivity index (χ1v) is 5.90. The molecule has 0 aliphatic heterocycles. The number of hydrogen-bond donors (Lipinski definition) is 2. The van der Waals surface area contributed by atoms with Crippen LogP contribution in [0.5, 0.6) is 0 Å². The van der Waals surface area contributed by atoms with E-state index in [-0.39, 0.29) is 11.6 Å². The van der Waals surface area contributed by atoms with Crippen molar-refractivity contribution in [1.82, 2.24) is 9.13 Å². The summed E-state index contributed by atoms with van der Waals surface area (Å²) < 4.78 is 3.12. The smallest absolute Gasteiger partial charge is 0.423 e. The van der Waals surface area contributed by atoms with Gasteiger partial charge < -0.3 is 10.0 Å². The van der Waals surface area contributed by atoms with E-state index >= 15 is 0 Å². The predicted molar refractivity (Wildman–Crippen MR) is 72.1 cm³/mol. The van der Waals surface area contributed by atoms with Gasteiger partial charge in [-0.3, -0.25) is 9.13 Å². The van der Waals surface area contributed by atoms with E-state index in [9.17, 15) is 14.8 Å². The predicted octanol–water partition coefficient (Wildman–Crippen LogP) is -0.320. The van der Waals surface area contributed by atoms with Crippen LogP contribution >= 0.6 is 0 Å². The van der Waals surface area contributed by atoms with Crippen molar-refractivity contribution in [2.75, 3.05) is 0 Å². The van der Waals surface area contributed by atoms with Crippen LogP contribution in [0.1, 0.15) is 25.3 Å². The minimum Gasteiger partial charge on any atom is -0.423 e. The van der Waals surface area contributed by atoms with Crippen LogP contribution in [0, 0.1) is 0 Å². The number of hydrogen-bond acceptors (Lipinski definition) is 3. The van der Waals surface area contributed by atoms with Gasteiger partial charge in [0.2, 0.25) is 0 Å². The van der Waals surface area contributed by atoms with Crippen molar-refractivity contribution in [3.8, 4) is 0 Å². The summed E-state index contributed by atoms with van der Waals surface area (Å²) in [5.74, 6) is 0.194. The molecule has 0 atom stereocenters. The maximum atomic E-state index is 11.9. The molecule has 1 aromatic carbocycles. The van der Waals surface area contributed by atoms with E-state index in [0.717, 1.165) is 16.6 Å². The fourth-order valence-electron chi connectivity index (χ4n) is 2.30. The van der Waals surface area contributed by atoms with E-state index < -0.39 is 7.12 Å². The van der Waals surface area contributed by atoms with Gasteiger partial charge in [-0.2, -0.15) is 0 Å². The van der Waals surface area contributed by atoms with Gasteiger partial charge in [-0.15, -0.1) is 0 Å². The van der Waals surface area contributed by atoms with Crippen LogP contribution in [0.3, 0.4) is 0 Å². The molecule has 2 aromatic rings. The zero-order valence-corrected chi connectivity index (χ0v) is 11.0. The van der Waals surface area contributed by atoms with E-state index in [1.165, 1.54) is 4.57 Å². The van der Waals surface area contributed by atoms with Crippen molar-refractivity contribution in [1.29, 1.82) is 0 Å². The largest absolute Gasteiger partial charge is 0.488 e. The highest BCUT2D eigenvalue weighted by molar-refractivity contribution is 6.59. The third kappa shape index (κ3) is 1.78. The van der Waals surface area contributed by atoms with Gasteiger partial charge in [0.25, 0.3) is 0 Å². The second-order valence-electron chi connectivity index (χ2n) is 4.91. The molecular formula is C12H17BN2O3. The summed E-state index contributed by atoms with van der Waals surface area (Å²) in [6.07, 6.45) is 0. The van der Waals surface area contributed by atoms with Crippen LogP contribution in [-0.4, -0.2) is 26.3 Å². The van der Waals surface area contributed by atoms with Crippen LogP contribution in [0.4, 0.5) is 0 Å². The molecule has 18 heavy (non-hydrogen) atoms. The second-order valence-corrected chi connectivity index (χ2v) is 4.91. The van der Waals surface area contributed by atoms with Crippen LogP contribution < -0.4 is 11.2 Å². The van der Waals surface area contributed by atoms with Crippen molar-refractivity contribution in [3.63, 3.8) is 0 Å². The van der Waals surface area contributed by atoms with Gasteiger partial charge >= 0.3 is 12.8 Å². The Labute approximate surface area is 105 Å². The van der Waals surface area contributed by atoms with Gasteiger partial charge in [-0.25, -0.2) is 4.79 Å². The summed E-state index contributed by atoms with van der Waals surface area (Å²) in [4.78, 5) is 11.9. The number of fused-ring (bicyclic) bond motifs is 1. The molecule has 0 aliphatic rings. The summed E-state index contributed by atoms with van der Waals surface area (Å²) in [5.41, 5.74) is 2.80. The van der Waals surface area contributed by atoms with Gasteiger partial charge in [-0.1, -0.05) is 19.9 Å². The van der Waals surface area contributed by atoms with E-state index in [4.69, 9.17) is 0 Å². The van der Waals surface area contributed by atoms with Gasteiger partial charge in [-0.05, 0) is 23.0 Å². The lowest BCUT2D eigenvalue weighted by molar-refractivity contribution is 0.426. The molecule has 0 radical (unpaired) electrons. The number of aromatic nitrogens is 2. The zero-order chi connectivity index (χ0) is 13.6. The Morgan fingerprint density at radius 3 is 2.28 bits per heavy atom. The Morgan fingerprint density at radius 1 is 1.17 bits per heavy atom. The summed E-state index contributed by atoms with van der Waals surface area (Å²) in [6.45, 7) is 4.03. The maximum Gasteiger partial charge on any atom is 0.488 e. The SMILES string of the molecule is CC(C)c1cc(B(O)O)cc2c1n(C)c(=O)n2C.